The van der Waals surface area contributed by atoms with E-state index in [0.717, 1.165) is 32.9 Å². The van der Waals surface area contributed by atoms with Gasteiger partial charge in [0, 0.05) is 40.0 Å². The Balaban J connectivity index is 2.13. The lowest BCUT2D eigenvalue weighted by Crippen LogP contribution is -2.37. The highest BCUT2D eigenvalue weighted by molar-refractivity contribution is 14.1. The summed E-state index contributed by atoms with van der Waals surface area (Å²) in [5.41, 5.74) is 4.36. The van der Waals surface area contributed by atoms with E-state index in [0.29, 0.717) is 31.3 Å². The van der Waals surface area contributed by atoms with Crippen LogP contribution in [0.25, 0.3) is 0 Å². The average molecular weight is 689 g/mol. The molecule has 0 aliphatic heterocycles. The van der Waals surface area contributed by atoms with Gasteiger partial charge < -0.3 is 16.0 Å². The number of hydrogen-bond acceptors (Lipinski definition) is 2. The van der Waals surface area contributed by atoms with Crippen LogP contribution in [0, 0.1) is 0 Å². The Morgan fingerprint density at radius 1 is 0.853 bits per heavy atom. The smallest absolute Gasteiger partial charge is 0.319 e. The number of amides is 3. The number of hydrogen-bond donors (Lipinski definition) is 3. The van der Waals surface area contributed by atoms with Crippen LogP contribution >= 0.6 is 45.2 Å². The van der Waals surface area contributed by atoms with Crippen LogP contribution in [0.5, 0.6) is 0 Å². The number of para-hydroxylation sites is 1. The first kappa shape index (κ1) is 28.9. The van der Waals surface area contributed by atoms with Crippen molar-refractivity contribution >= 4 is 62.8 Å². The van der Waals surface area contributed by atoms with E-state index in [-0.39, 0.29) is 17.9 Å². The SMILES string of the molecule is CCCCC(=O)NCC(CNC(=O)Nc1c(C(C)CI)cccc1C(C)CI)c1ccccc1. The Hall–Kier alpha value is -1.36. The molecule has 3 N–H and O–H groups in total. The van der Waals surface area contributed by atoms with E-state index in [1.165, 1.54) is 11.1 Å². The lowest BCUT2D eigenvalue weighted by molar-refractivity contribution is -0.121. The van der Waals surface area contributed by atoms with Gasteiger partial charge in [0.2, 0.25) is 5.91 Å². The minimum absolute atomic E-state index is 0.00576. The highest BCUT2D eigenvalue weighted by Gasteiger charge is 2.20. The van der Waals surface area contributed by atoms with Gasteiger partial charge in [-0.1, -0.05) is 121 Å². The third-order valence-corrected chi connectivity index (χ3v) is 8.62. The normalized spacial score (nSPS) is 13.6. The molecule has 0 saturated heterocycles. The van der Waals surface area contributed by atoms with Gasteiger partial charge in [0.25, 0.3) is 0 Å². The Labute approximate surface area is 231 Å². The zero-order valence-corrected chi connectivity index (χ0v) is 24.7. The summed E-state index contributed by atoms with van der Waals surface area (Å²) in [5.74, 6) is 0.737. The molecule has 0 heterocycles. The van der Waals surface area contributed by atoms with Gasteiger partial charge in [-0.05, 0) is 34.9 Å². The molecule has 3 atom stereocenters. The molecule has 0 aromatic heterocycles. The van der Waals surface area contributed by atoms with Crippen LogP contribution in [0.15, 0.2) is 48.5 Å². The van der Waals surface area contributed by atoms with Gasteiger partial charge in [-0.25, -0.2) is 4.79 Å². The molecule has 3 unspecified atom stereocenters. The van der Waals surface area contributed by atoms with Crippen LogP contribution in [0.3, 0.4) is 0 Å². The van der Waals surface area contributed by atoms with Crippen molar-refractivity contribution in [2.45, 2.75) is 57.8 Å². The maximum Gasteiger partial charge on any atom is 0.319 e. The minimum atomic E-state index is -0.215. The maximum atomic E-state index is 13.0. The quantitative estimate of drug-likeness (QED) is 0.157. The summed E-state index contributed by atoms with van der Waals surface area (Å²) in [5, 5.41) is 9.27. The molecule has 5 nitrogen and oxygen atoms in total. The van der Waals surface area contributed by atoms with Crippen molar-refractivity contribution in [1.82, 2.24) is 10.6 Å². The summed E-state index contributed by atoms with van der Waals surface area (Å²) >= 11 is 4.79. The van der Waals surface area contributed by atoms with Crippen LogP contribution in [-0.4, -0.2) is 33.9 Å². The molecule has 0 aliphatic carbocycles. The topological polar surface area (TPSA) is 70.2 Å². The number of benzene rings is 2. The third-order valence-electron chi connectivity index (χ3n) is 5.98. The minimum Gasteiger partial charge on any atom is -0.355 e. The fourth-order valence-electron chi connectivity index (χ4n) is 3.79. The highest BCUT2D eigenvalue weighted by Crippen LogP contribution is 2.34. The van der Waals surface area contributed by atoms with Gasteiger partial charge in [-0.2, -0.15) is 0 Å². The summed E-state index contributed by atoms with van der Waals surface area (Å²) < 4.78 is 1.95. The van der Waals surface area contributed by atoms with E-state index in [9.17, 15) is 9.59 Å². The zero-order chi connectivity index (χ0) is 24.9. The van der Waals surface area contributed by atoms with Crippen LogP contribution < -0.4 is 16.0 Å². The average Bonchev–Trinajstić information content (AvgIpc) is 2.87. The molecular formula is C27H37I2N3O2. The van der Waals surface area contributed by atoms with Gasteiger partial charge in [0.1, 0.15) is 0 Å². The number of carbonyl (C=O) groups excluding carboxylic acids is 2. The van der Waals surface area contributed by atoms with Crippen molar-refractivity contribution in [2.75, 3.05) is 27.3 Å². The fraction of sp³-hybridized carbons (Fsp3) is 0.481. The lowest BCUT2D eigenvalue weighted by atomic mass is 9.92. The molecule has 0 saturated carbocycles. The highest BCUT2D eigenvalue weighted by atomic mass is 127. The van der Waals surface area contributed by atoms with Crippen molar-refractivity contribution in [3.63, 3.8) is 0 Å². The monoisotopic (exact) mass is 689 g/mol. The zero-order valence-electron chi connectivity index (χ0n) is 20.4. The Bertz CT molecular complexity index is 880. The number of anilines is 1. The van der Waals surface area contributed by atoms with Crippen molar-refractivity contribution < 1.29 is 9.59 Å². The van der Waals surface area contributed by atoms with Gasteiger partial charge >= 0.3 is 6.03 Å². The predicted octanol–water partition coefficient (Wildman–Crippen LogP) is 6.98. The molecule has 186 valence electrons. The number of alkyl halides is 2. The Morgan fingerprint density at radius 2 is 1.44 bits per heavy atom. The summed E-state index contributed by atoms with van der Waals surface area (Å²) in [6.07, 6.45) is 2.41. The molecule has 2 aromatic rings. The van der Waals surface area contributed by atoms with Crippen LogP contribution in [-0.2, 0) is 4.79 Å². The summed E-state index contributed by atoms with van der Waals surface area (Å²) in [6.45, 7) is 7.39. The van der Waals surface area contributed by atoms with Crippen molar-refractivity contribution in [1.29, 1.82) is 0 Å². The van der Waals surface area contributed by atoms with E-state index < -0.39 is 0 Å². The first-order valence-electron chi connectivity index (χ1n) is 12.0. The van der Waals surface area contributed by atoms with Crippen molar-refractivity contribution in [3.05, 3.63) is 65.2 Å². The summed E-state index contributed by atoms with van der Waals surface area (Å²) in [4.78, 5) is 25.2. The second kappa shape index (κ2) is 15.6. The number of unbranched alkanes of at least 4 members (excludes halogenated alkanes) is 1. The summed E-state index contributed by atoms with van der Waals surface area (Å²) in [7, 11) is 0. The van der Waals surface area contributed by atoms with E-state index in [1.807, 2.05) is 30.3 Å². The van der Waals surface area contributed by atoms with Crippen molar-refractivity contribution in [3.8, 4) is 0 Å². The van der Waals surface area contributed by atoms with E-state index in [4.69, 9.17) is 0 Å². The van der Waals surface area contributed by atoms with Gasteiger partial charge in [0.05, 0.1) is 0 Å². The molecule has 3 amide bonds. The molecule has 0 bridgehead atoms. The number of nitrogens with one attached hydrogen (secondary N) is 3. The molecule has 2 aromatic carbocycles. The van der Waals surface area contributed by atoms with Gasteiger partial charge in [-0.3, -0.25) is 4.79 Å². The number of rotatable bonds is 13. The first-order valence-corrected chi connectivity index (χ1v) is 15.1. The van der Waals surface area contributed by atoms with E-state index in [1.54, 1.807) is 0 Å². The molecule has 0 radical (unpaired) electrons. The van der Waals surface area contributed by atoms with E-state index in [2.05, 4.69) is 100 Å². The summed E-state index contributed by atoms with van der Waals surface area (Å²) in [6, 6.07) is 16.1. The molecular weight excluding hydrogens is 652 g/mol. The molecule has 2 rings (SSSR count). The molecule has 7 heteroatoms. The Morgan fingerprint density at radius 3 is 2.00 bits per heavy atom. The maximum absolute atomic E-state index is 13.0. The molecule has 0 spiro atoms. The largest absolute Gasteiger partial charge is 0.355 e. The third kappa shape index (κ3) is 9.02. The Kier molecular flexibility index (Phi) is 13.2. The van der Waals surface area contributed by atoms with E-state index >= 15 is 0 Å². The fourth-order valence-corrected chi connectivity index (χ4v) is 4.74. The predicted molar refractivity (Wildman–Crippen MR) is 160 cm³/mol. The second-order valence-corrected chi connectivity index (χ2v) is 10.5. The molecule has 34 heavy (non-hydrogen) atoms. The number of halogens is 2. The second-order valence-electron chi connectivity index (χ2n) is 8.77. The lowest BCUT2D eigenvalue weighted by Gasteiger charge is -2.23. The van der Waals surface area contributed by atoms with Crippen LogP contribution in [0.1, 0.15) is 74.5 Å². The molecule has 0 fully saturated rings. The van der Waals surface area contributed by atoms with Gasteiger partial charge in [-0.15, -0.1) is 0 Å². The number of carbonyl (C=O) groups is 2. The standard InChI is InChI=1S/C27H37I2N3O2/c1-4-5-14-25(33)30-17-22(21-10-7-6-8-11-21)18-31-27(34)32-26-23(19(2)15-28)12-9-13-24(26)20(3)16-29/h6-13,19-20,22H,4-5,14-18H2,1-3H3,(H,30,33)(H2,31,32,34). The first-order chi connectivity index (χ1) is 16.4. The molecule has 0 aliphatic rings. The van der Waals surface area contributed by atoms with Crippen LogP contribution in [0.4, 0.5) is 10.5 Å². The van der Waals surface area contributed by atoms with Gasteiger partial charge in [0.15, 0.2) is 0 Å². The van der Waals surface area contributed by atoms with Crippen molar-refractivity contribution in [2.24, 2.45) is 0 Å². The van der Waals surface area contributed by atoms with Crippen LogP contribution in [0.2, 0.25) is 0 Å². The number of urea groups is 1.